The Hall–Kier alpha value is -3.87. The number of carbonyl (C=O) groups is 4. The Morgan fingerprint density at radius 1 is 0.923 bits per heavy atom. The first-order valence-corrected chi connectivity index (χ1v) is 13.0. The zero-order valence-electron chi connectivity index (χ0n) is 23.0. The van der Waals surface area contributed by atoms with Crippen molar-refractivity contribution < 1.29 is 29.4 Å². The van der Waals surface area contributed by atoms with Gasteiger partial charge in [-0.25, -0.2) is 4.79 Å². The minimum Gasteiger partial charge on any atom is -0.508 e. The Morgan fingerprint density at radius 2 is 1.51 bits per heavy atom. The molecule has 0 saturated carbocycles. The largest absolute Gasteiger partial charge is 0.508 e. The van der Waals surface area contributed by atoms with Crippen LogP contribution in [0.5, 0.6) is 5.75 Å². The summed E-state index contributed by atoms with van der Waals surface area (Å²) in [6.07, 6.45) is 1.19. The average Bonchev–Trinajstić information content (AvgIpc) is 2.87. The number of amides is 3. The summed E-state index contributed by atoms with van der Waals surface area (Å²) in [6.45, 7) is 7.14. The number of nitrogens with zero attached hydrogens (tertiary/aromatic N) is 1. The molecule has 13 nitrogen and oxygen atoms in total. The van der Waals surface area contributed by atoms with Crippen LogP contribution in [0.25, 0.3) is 0 Å². The zero-order valence-corrected chi connectivity index (χ0v) is 23.0. The monoisotopic (exact) mass is 549 g/mol. The van der Waals surface area contributed by atoms with E-state index in [0.29, 0.717) is 12.8 Å². The minimum atomic E-state index is -1.18. The number of hydrogen-bond acceptors (Lipinski definition) is 7. The van der Waals surface area contributed by atoms with E-state index >= 15 is 0 Å². The van der Waals surface area contributed by atoms with Crippen molar-refractivity contribution in [3.8, 4) is 5.75 Å². The van der Waals surface area contributed by atoms with E-state index in [0.717, 1.165) is 5.56 Å². The highest BCUT2D eigenvalue weighted by Gasteiger charge is 2.33. The van der Waals surface area contributed by atoms with Crippen LogP contribution in [0.1, 0.15) is 52.5 Å². The lowest BCUT2D eigenvalue weighted by molar-refractivity contribution is -0.144. The molecule has 11 N–H and O–H groups in total. The smallest absolute Gasteiger partial charge is 0.326 e. The lowest BCUT2D eigenvalue weighted by Gasteiger charge is -2.28. The van der Waals surface area contributed by atoms with E-state index in [1.807, 2.05) is 6.92 Å². The molecule has 1 rings (SSSR count). The van der Waals surface area contributed by atoms with Crippen LogP contribution in [0, 0.1) is 11.8 Å². The lowest BCUT2D eigenvalue weighted by atomic mass is 9.96. The highest BCUT2D eigenvalue weighted by molar-refractivity contribution is 5.94. The highest BCUT2D eigenvalue weighted by Crippen LogP contribution is 2.13. The van der Waals surface area contributed by atoms with Gasteiger partial charge < -0.3 is 43.4 Å². The molecule has 5 unspecified atom stereocenters. The first kappa shape index (κ1) is 33.2. The van der Waals surface area contributed by atoms with Gasteiger partial charge in [-0.3, -0.25) is 19.4 Å². The van der Waals surface area contributed by atoms with Crippen LogP contribution in [0.15, 0.2) is 29.3 Å². The maximum absolute atomic E-state index is 13.3. The number of aliphatic imine (C=N–C) groups is 1. The summed E-state index contributed by atoms with van der Waals surface area (Å²) in [5, 5.41) is 26.8. The van der Waals surface area contributed by atoms with Crippen molar-refractivity contribution in [2.24, 2.45) is 34.0 Å². The van der Waals surface area contributed by atoms with E-state index in [1.54, 1.807) is 32.9 Å². The topological polar surface area (TPSA) is 235 Å². The van der Waals surface area contributed by atoms with Gasteiger partial charge in [0.2, 0.25) is 17.7 Å². The predicted molar refractivity (Wildman–Crippen MR) is 147 cm³/mol. The second kappa shape index (κ2) is 16.2. The molecule has 0 heterocycles. The third kappa shape index (κ3) is 11.6. The number of phenols is 1. The van der Waals surface area contributed by atoms with E-state index in [1.165, 1.54) is 12.1 Å². The van der Waals surface area contributed by atoms with Gasteiger partial charge in [0.05, 0.1) is 6.04 Å². The molecule has 3 amide bonds. The molecule has 0 spiro atoms. The summed E-state index contributed by atoms with van der Waals surface area (Å²) in [4.78, 5) is 54.8. The highest BCUT2D eigenvalue weighted by atomic mass is 16.4. The van der Waals surface area contributed by atoms with Crippen molar-refractivity contribution in [2.45, 2.75) is 77.5 Å². The summed E-state index contributed by atoms with van der Waals surface area (Å²) in [5.41, 5.74) is 17.5. The number of guanidine groups is 1. The Morgan fingerprint density at radius 3 is 2.03 bits per heavy atom. The zero-order chi connectivity index (χ0) is 29.7. The number of nitrogens with two attached hydrogens (primary N) is 3. The Bertz CT molecular complexity index is 995. The fraction of sp³-hybridized carbons (Fsp3) is 0.577. The van der Waals surface area contributed by atoms with Crippen LogP contribution in [0.2, 0.25) is 0 Å². The molecule has 0 saturated heterocycles. The van der Waals surface area contributed by atoms with Crippen molar-refractivity contribution in [2.75, 3.05) is 6.54 Å². The maximum atomic E-state index is 13.3. The van der Waals surface area contributed by atoms with Crippen molar-refractivity contribution in [1.29, 1.82) is 0 Å². The third-order valence-electron chi connectivity index (χ3n) is 6.33. The number of carbonyl (C=O) groups excluding carboxylic acids is 3. The molecule has 218 valence electrons. The van der Waals surface area contributed by atoms with Gasteiger partial charge in [0.15, 0.2) is 5.96 Å². The van der Waals surface area contributed by atoms with Crippen molar-refractivity contribution in [3.63, 3.8) is 0 Å². The van der Waals surface area contributed by atoms with Crippen LogP contribution in [-0.2, 0) is 25.6 Å². The van der Waals surface area contributed by atoms with Crippen LogP contribution in [0.4, 0.5) is 0 Å². The number of phenolic OH excluding ortho intramolecular Hbond substituents is 1. The number of carboxylic acids is 1. The van der Waals surface area contributed by atoms with Gasteiger partial charge in [-0.15, -0.1) is 0 Å². The van der Waals surface area contributed by atoms with Crippen LogP contribution < -0.4 is 33.2 Å². The quantitative estimate of drug-likeness (QED) is 0.0756. The number of nitrogens with one attached hydrogen (secondary N) is 3. The molecule has 0 aliphatic heterocycles. The van der Waals surface area contributed by atoms with Gasteiger partial charge in [-0.2, -0.15) is 0 Å². The molecule has 1 aromatic carbocycles. The maximum Gasteiger partial charge on any atom is 0.326 e. The predicted octanol–water partition coefficient (Wildman–Crippen LogP) is -0.443. The molecule has 0 bridgehead atoms. The molecule has 0 aliphatic carbocycles. The minimum absolute atomic E-state index is 0.0808. The van der Waals surface area contributed by atoms with Crippen molar-refractivity contribution in [1.82, 2.24) is 16.0 Å². The van der Waals surface area contributed by atoms with Gasteiger partial charge in [-0.05, 0) is 48.8 Å². The third-order valence-corrected chi connectivity index (χ3v) is 6.33. The van der Waals surface area contributed by atoms with Crippen LogP contribution >= 0.6 is 0 Å². The number of hydrogen-bond donors (Lipinski definition) is 8. The summed E-state index contributed by atoms with van der Waals surface area (Å²) >= 11 is 0. The second-order valence-corrected chi connectivity index (χ2v) is 9.93. The summed E-state index contributed by atoms with van der Waals surface area (Å²) < 4.78 is 0. The van der Waals surface area contributed by atoms with Crippen LogP contribution in [0.3, 0.4) is 0 Å². The molecular weight excluding hydrogens is 506 g/mol. The fourth-order valence-corrected chi connectivity index (χ4v) is 3.74. The van der Waals surface area contributed by atoms with Gasteiger partial charge in [0.25, 0.3) is 0 Å². The fourth-order valence-electron chi connectivity index (χ4n) is 3.74. The number of aliphatic carboxylic acids is 1. The SMILES string of the molecule is CCC(C)C(NC(=O)C(CCCN=C(N)N)NC(=O)C(N)Cc1ccc(O)cc1)C(=O)NC(C(=O)O)C(C)C. The molecule has 5 atom stereocenters. The first-order chi connectivity index (χ1) is 18.3. The molecule has 13 heteroatoms. The lowest BCUT2D eigenvalue weighted by Crippen LogP contribution is -2.59. The van der Waals surface area contributed by atoms with E-state index in [-0.39, 0.29) is 42.9 Å². The van der Waals surface area contributed by atoms with E-state index in [9.17, 15) is 29.4 Å². The van der Waals surface area contributed by atoms with E-state index in [2.05, 4.69) is 20.9 Å². The van der Waals surface area contributed by atoms with E-state index < -0.39 is 47.9 Å². The molecule has 0 aromatic heterocycles. The molecule has 0 fully saturated rings. The average molecular weight is 550 g/mol. The molecular formula is C26H43N7O6. The number of rotatable bonds is 16. The second-order valence-electron chi connectivity index (χ2n) is 9.93. The molecule has 39 heavy (non-hydrogen) atoms. The normalized spacial score (nSPS) is 14.8. The van der Waals surface area contributed by atoms with Gasteiger partial charge in [0.1, 0.15) is 23.9 Å². The summed E-state index contributed by atoms with van der Waals surface area (Å²) in [5.74, 6) is -3.75. The van der Waals surface area contributed by atoms with Gasteiger partial charge >= 0.3 is 5.97 Å². The first-order valence-electron chi connectivity index (χ1n) is 13.0. The van der Waals surface area contributed by atoms with Crippen molar-refractivity contribution >= 4 is 29.7 Å². The van der Waals surface area contributed by atoms with E-state index in [4.69, 9.17) is 17.2 Å². The standard InChI is InChI=1S/C26H43N7O6/c1-5-15(4)21(24(37)32-20(14(2)3)25(38)39)33-23(36)19(7-6-12-30-26(28)29)31-22(35)18(27)13-16-8-10-17(34)11-9-16/h8-11,14-15,18-21,34H,5-7,12-13,27H2,1-4H3,(H,31,35)(H,32,37)(H,33,36)(H,38,39)(H4,28,29,30). The Balaban J connectivity index is 3.06. The summed E-state index contributed by atoms with van der Waals surface area (Å²) in [6, 6.07) is 2.02. The summed E-state index contributed by atoms with van der Waals surface area (Å²) in [7, 11) is 0. The Labute approximate surface area is 229 Å². The molecule has 1 aromatic rings. The van der Waals surface area contributed by atoms with Crippen molar-refractivity contribution in [3.05, 3.63) is 29.8 Å². The van der Waals surface area contributed by atoms with Gasteiger partial charge in [-0.1, -0.05) is 46.2 Å². The molecule has 0 radical (unpaired) electrons. The number of carboxylic acid groups (broad SMARTS) is 1. The van der Waals surface area contributed by atoms with Gasteiger partial charge in [0, 0.05) is 6.54 Å². The Kier molecular flexibility index (Phi) is 13.7. The number of benzene rings is 1. The molecule has 0 aliphatic rings. The van der Waals surface area contributed by atoms with Crippen LogP contribution in [-0.4, -0.2) is 70.6 Å². The number of aromatic hydroxyl groups is 1.